The lowest BCUT2D eigenvalue weighted by atomic mass is 9.88. The number of hydrogen-bond acceptors (Lipinski definition) is 4. The van der Waals surface area contributed by atoms with Gasteiger partial charge in [-0.05, 0) is 56.5 Å². The Hall–Kier alpha value is -2.88. The second-order valence-electron chi connectivity index (χ2n) is 8.87. The summed E-state index contributed by atoms with van der Waals surface area (Å²) in [6.45, 7) is 2.03. The molecule has 2 atom stereocenters. The number of anilines is 1. The fraction of sp³-hybridized carbons (Fsp3) is 0.542. The molecule has 186 valence electrons. The van der Waals surface area contributed by atoms with E-state index in [2.05, 4.69) is 10.2 Å². The smallest absolute Gasteiger partial charge is 0.416 e. The van der Waals surface area contributed by atoms with Crippen molar-refractivity contribution in [1.82, 2.24) is 9.80 Å². The number of carboxylic acids is 1. The number of carboxylic acid groups (broad SMARTS) is 1. The number of aliphatic carboxylic acids is 1. The van der Waals surface area contributed by atoms with Gasteiger partial charge in [0.05, 0.1) is 12.0 Å². The van der Waals surface area contributed by atoms with Gasteiger partial charge in [-0.2, -0.15) is 13.2 Å². The highest BCUT2D eigenvalue weighted by atomic mass is 19.4. The van der Waals surface area contributed by atoms with Gasteiger partial charge >= 0.3 is 12.1 Å². The Balaban J connectivity index is 1.79. The van der Waals surface area contributed by atoms with Crippen LogP contribution in [0.25, 0.3) is 0 Å². The van der Waals surface area contributed by atoms with Crippen molar-refractivity contribution < 1.29 is 32.7 Å². The summed E-state index contributed by atoms with van der Waals surface area (Å²) in [5.41, 5.74) is -0.914. The number of nitrogens with zero attached hydrogens (tertiary/aromatic N) is 2. The van der Waals surface area contributed by atoms with E-state index in [1.807, 2.05) is 0 Å². The average Bonchev–Trinajstić information content (AvgIpc) is 3.32. The Bertz CT molecular complexity index is 942. The summed E-state index contributed by atoms with van der Waals surface area (Å²) in [6.07, 6.45) is 2.78. The molecular formula is C24H30F3N3O4. The number of alkyl halides is 3. The monoisotopic (exact) mass is 481 g/mol. The first-order valence-corrected chi connectivity index (χ1v) is 11.5. The Morgan fingerprint density at radius 3 is 2.44 bits per heavy atom. The van der Waals surface area contributed by atoms with Crippen LogP contribution in [0.1, 0.15) is 49.7 Å². The lowest BCUT2D eigenvalue weighted by Crippen LogP contribution is -2.53. The molecule has 0 bridgehead atoms. The van der Waals surface area contributed by atoms with Crippen molar-refractivity contribution in [3.8, 4) is 0 Å². The van der Waals surface area contributed by atoms with E-state index in [0.717, 1.165) is 63.7 Å². The summed E-state index contributed by atoms with van der Waals surface area (Å²) >= 11 is 0. The van der Waals surface area contributed by atoms with Crippen molar-refractivity contribution in [3.05, 3.63) is 41.5 Å². The molecule has 3 rings (SSSR count). The predicted molar refractivity (Wildman–Crippen MR) is 120 cm³/mol. The maximum atomic E-state index is 13.2. The van der Waals surface area contributed by atoms with Gasteiger partial charge in [0.2, 0.25) is 11.8 Å². The van der Waals surface area contributed by atoms with Crippen LogP contribution in [0.5, 0.6) is 0 Å². The quantitative estimate of drug-likeness (QED) is 0.580. The third-order valence-electron chi connectivity index (χ3n) is 6.61. The second-order valence-corrected chi connectivity index (χ2v) is 8.87. The largest absolute Gasteiger partial charge is 0.478 e. The number of nitrogens with one attached hydrogen (secondary N) is 1. The first kappa shape index (κ1) is 25.7. The van der Waals surface area contributed by atoms with Crippen LogP contribution in [0.15, 0.2) is 30.4 Å². The minimum absolute atomic E-state index is 0.0327. The molecule has 1 aromatic rings. The number of amides is 2. The van der Waals surface area contributed by atoms with E-state index < -0.39 is 23.6 Å². The van der Waals surface area contributed by atoms with E-state index in [1.54, 1.807) is 11.9 Å². The molecule has 0 radical (unpaired) electrons. The molecule has 1 aliphatic heterocycles. The SMILES string of the molecule is CN(C(=O)Cc1ccc(C(F)(F)F)cc1NC(=O)/C=C/C(=O)O)[C@H]1CCCC[C@@H]1N1CCCC1. The van der Waals surface area contributed by atoms with Gasteiger partial charge in [0.1, 0.15) is 0 Å². The third-order valence-corrected chi connectivity index (χ3v) is 6.61. The van der Waals surface area contributed by atoms with Crippen molar-refractivity contribution in [2.75, 3.05) is 25.5 Å². The fourth-order valence-electron chi connectivity index (χ4n) is 4.86. The van der Waals surface area contributed by atoms with Gasteiger partial charge in [-0.3, -0.25) is 14.5 Å². The number of carbonyl (C=O) groups excluding carboxylic acids is 2. The molecule has 0 aromatic heterocycles. The topological polar surface area (TPSA) is 90.0 Å². The molecule has 1 aromatic carbocycles. The molecule has 1 saturated carbocycles. The third kappa shape index (κ3) is 6.59. The Morgan fingerprint density at radius 2 is 1.79 bits per heavy atom. The minimum Gasteiger partial charge on any atom is -0.478 e. The van der Waals surface area contributed by atoms with Crippen LogP contribution in [-0.2, 0) is 27.0 Å². The molecule has 2 fully saturated rings. The molecule has 34 heavy (non-hydrogen) atoms. The Kier molecular flexibility index (Phi) is 8.35. The van der Waals surface area contributed by atoms with Crippen LogP contribution in [-0.4, -0.2) is 64.9 Å². The Labute approximate surface area is 196 Å². The van der Waals surface area contributed by atoms with E-state index in [9.17, 15) is 27.6 Å². The number of benzene rings is 1. The normalized spacial score (nSPS) is 21.5. The molecule has 7 nitrogen and oxygen atoms in total. The number of hydrogen-bond donors (Lipinski definition) is 2. The van der Waals surface area contributed by atoms with Crippen LogP contribution >= 0.6 is 0 Å². The van der Waals surface area contributed by atoms with Crippen molar-refractivity contribution in [1.29, 1.82) is 0 Å². The highest BCUT2D eigenvalue weighted by molar-refractivity contribution is 6.03. The molecule has 2 amide bonds. The molecular weight excluding hydrogens is 451 g/mol. The molecule has 2 aliphatic rings. The summed E-state index contributed by atoms with van der Waals surface area (Å²) in [5, 5.41) is 11.0. The molecule has 0 unspecified atom stereocenters. The number of halogens is 3. The van der Waals surface area contributed by atoms with Crippen molar-refractivity contribution in [2.24, 2.45) is 0 Å². The van der Waals surface area contributed by atoms with Crippen molar-refractivity contribution in [3.63, 3.8) is 0 Å². The number of rotatable bonds is 7. The van der Waals surface area contributed by atoms with Gasteiger partial charge < -0.3 is 15.3 Å². The summed E-state index contributed by atoms with van der Waals surface area (Å²) in [4.78, 5) is 40.0. The first-order chi connectivity index (χ1) is 16.1. The van der Waals surface area contributed by atoms with E-state index >= 15 is 0 Å². The molecule has 1 saturated heterocycles. The molecule has 1 aliphatic carbocycles. The zero-order valence-corrected chi connectivity index (χ0v) is 19.1. The zero-order chi connectivity index (χ0) is 24.9. The maximum Gasteiger partial charge on any atom is 0.416 e. The highest BCUT2D eigenvalue weighted by Gasteiger charge is 2.36. The fourth-order valence-corrected chi connectivity index (χ4v) is 4.86. The molecule has 1 heterocycles. The average molecular weight is 482 g/mol. The summed E-state index contributed by atoms with van der Waals surface area (Å²) < 4.78 is 39.7. The molecule has 10 heteroatoms. The van der Waals surface area contributed by atoms with E-state index in [4.69, 9.17) is 5.11 Å². The van der Waals surface area contributed by atoms with Crippen molar-refractivity contribution in [2.45, 2.75) is 63.2 Å². The van der Waals surface area contributed by atoms with Crippen LogP contribution in [0.2, 0.25) is 0 Å². The second kappa shape index (κ2) is 11.0. The van der Waals surface area contributed by atoms with Gasteiger partial charge in [-0.1, -0.05) is 18.9 Å². The zero-order valence-electron chi connectivity index (χ0n) is 19.1. The van der Waals surface area contributed by atoms with Crippen LogP contribution in [0.3, 0.4) is 0 Å². The molecule has 0 spiro atoms. The summed E-state index contributed by atoms with van der Waals surface area (Å²) in [7, 11) is 1.74. The van der Waals surface area contributed by atoms with Gasteiger partial charge in [-0.15, -0.1) is 0 Å². The predicted octanol–water partition coefficient (Wildman–Crippen LogP) is 3.69. The standard InChI is InChI=1S/C24H30F3N3O4/c1-29(19-6-2-3-7-20(19)30-12-4-5-13-30)22(32)14-16-8-9-17(24(25,26)27)15-18(16)28-21(31)10-11-23(33)34/h8-11,15,19-20H,2-7,12-14H2,1H3,(H,28,31)(H,33,34)/b11-10+/t19-,20-/m0/s1. The highest BCUT2D eigenvalue weighted by Crippen LogP contribution is 2.33. The maximum absolute atomic E-state index is 13.2. The van der Waals surface area contributed by atoms with E-state index in [0.29, 0.717) is 12.2 Å². The number of likely N-dealkylation sites (N-methyl/N-ethyl adjacent to an activating group) is 1. The number of carbonyl (C=O) groups is 3. The van der Waals surface area contributed by atoms with E-state index in [-0.39, 0.29) is 35.7 Å². The summed E-state index contributed by atoms with van der Waals surface area (Å²) in [5.74, 6) is -2.51. The van der Waals surface area contributed by atoms with Crippen LogP contribution < -0.4 is 5.32 Å². The van der Waals surface area contributed by atoms with Gasteiger partial charge in [-0.25, -0.2) is 4.79 Å². The van der Waals surface area contributed by atoms with Crippen molar-refractivity contribution >= 4 is 23.5 Å². The minimum atomic E-state index is -4.64. The van der Waals surface area contributed by atoms with Crippen LogP contribution in [0.4, 0.5) is 18.9 Å². The summed E-state index contributed by atoms with van der Waals surface area (Å²) in [6, 6.07) is 3.13. The number of likely N-dealkylation sites (tertiary alicyclic amines) is 1. The lowest BCUT2D eigenvalue weighted by molar-refractivity contribution is -0.137. The molecule has 2 N–H and O–H groups in total. The van der Waals surface area contributed by atoms with Gasteiger partial charge in [0, 0.05) is 37.0 Å². The Morgan fingerprint density at radius 1 is 1.12 bits per heavy atom. The van der Waals surface area contributed by atoms with Gasteiger partial charge in [0.15, 0.2) is 0 Å². The first-order valence-electron chi connectivity index (χ1n) is 11.5. The lowest BCUT2D eigenvalue weighted by Gasteiger charge is -2.42. The van der Waals surface area contributed by atoms with E-state index in [1.165, 1.54) is 6.07 Å². The van der Waals surface area contributed by atoms with Gasteiger partial charge in [0.25, 0.3) is 0 Å². The van der Waals surface area contributed by atoms with Crippen LogP contribution in [0, 0.1) is 0 Å².